The van der Waals surface area contributed by atoms with E-state index in [1.54, 1.807) is 26.4 Å². The Morgan fingerprint density at radius 1 is 0.968 bits per heavy atom. The third kappa shape index (κ3) is 6.35. The van der Waals surface area contributed by atoms with E-state index in [9.17, 15) is 4.39 Å². The molecule has 0 saturated carbocycles. The summed E-state index contributed by atoms with van der Waals surface area (Å²) in [6.07, 6.45) is 0.829. The van der Waals surface area contributed by atoms with Gasteiger partial charge in [0, 0.05) is 22.1 Å². The molecule has 0 aliphatic heterocycles. The van der Waals surface area contributed by atoms with Gasteiger partial charge in [0.1, 0.15) is 18.2 Å². The number of halogens is 3. The normalized spacial score (nSPS) is 10.7. The Labute approximate surface area is 195 Å². The molecule has 0 saturated heterocycles. The minimum atomic E-state index is -0.376. The highest BCUT2D eigenvalue weighted by Crippen LogP contribution is 2.28. The molecule has 7 heteroatoms. The standard InChI is InChI=1S/C24H24BrClFNO3/c1-29-23-8-6-16(12-24(23)30-2)10-11-28-14-17-13-18(25)7-9-22(17)31-15-19-20(26)4-3-5-21(19)27/h3-9,12-13,28H,10-11,14-15H2,1-2H3. The van der Waals surface area contributed by atoms with Crippen LogP contribution in [-0.4, -0.2) is 20.8 Å². The molecular formula is C24H24BrClFNO3. The molecule has 0 atom stereocenters. The van der Waals surface area contributed by atoms with E-state index in [4.69, 9.17) is 25.8 Å². The van der Waals surface area contributed by atoms with E-state index in [-0.39, 0.29) is 12.4 Å². The summed E-state index contributed by atoms with van der Waals surface area (Å²) in [7, 11) is 3.25. The Morgan fingerprint density at radius 3 is 2.48 bits per heavy atom. The third-order valence-electron chi connectivity index (χ3n) is 4.81. The van der Waals surface area contributed by atoms with Crippen molar-refractivity contribution in [2.75, 3.05) is 20.8 Å². The van der Waals surface area contributed by atoms with Crippen LogP contribution in [0, 0.1) is 5.82 Å². The summed E-state index contributed by atoms with van der Waals surface area (Å²) >= 11 is 9.61. The molecule has 1 N–H and O–H groups in total. The second-order valence-corrected chi connectivity index (χ2v) is 8.18. The first-order chi connectivity index (χ1) is 15.0. The van der Waals surface area contributed by atoms with Crippen LogP contribution >= 0.6 is 27.5 Å². The van der Waals surface area contributed by atoms with E-state index >= 15 is 0 Å². The molecule has 0 unspecified atom stereocenters. The van der Waals surface area contributed by atoms with Gasteiger partial charge >= 0.3 is 0 Å². The number of rotatable bonds is 10. The molecule has 0 amide bonds. The lowest BCUT2D eigenvalue weighted by Gasteiger charge is -2.14. The van der Waals surface area contributed by atoms with Crippen molar-refractivity contribution >= 4 is 27.5 Å². The summed E-state index contributed by atoms with van der Waals surface area (Å²) < 4.78 is 31.5. The predicted octanol–water partition coefficient (Wildman–Crippen LogP) is 6.17. The smallest absolute Gasteiger partial charge is 0.160 e. The van der Waals surface area contributed by atoms with Gasteiger partial charge in [-0.2, -0.15) is 0 Å². The average molecular weight is 509 g/mol. The Morgan fingerprint density at radius 2 is 1.74 bits per heavy atom. The van der Waals surface area contributed by atoms with E-state index in [1.807, 2.05) is 36.4 Å². The molecule has 0 bridgehead atoms. The van der Waals surface area contributed by atoms with Crippen LogP contribution in [0.2, 0.25) is 5.02 Å². The zero-order valence-corrected chi connectivity index (χ0v) is 19.7. The van der Waals surface area contributed by atoms with Crippen molar-refractivity contribution in [1.82, 2.24) is 5.32 Å². The van der Waals surface area contributed by atoms with Crippen molar-refractivity contribution in [2.45, 2.75) is 19.6 Å². The van der Waals surface area contributed by atoms with Gasteiger partial charge in [-0.1, -0.05) is 39.7 Å². The number of hydrogen-bond donors (Lipinski definition) is 1. The topological polar surface area (TPSA) is 39.7 Å². The van der Waals surface area contributed by atoms with Crippen LogP contribution in [0.5, 0.6) is 17.2 Å². The Balaban J connectivity index is 1.60. The van der Waals surface area contributed by atoms with Crippen LogP contribution in [0.3, 0.4) is 0 Å². The van der Waals surface area contributed by atoms with Gasteiger partial charge in [-0.3, -0.25) is 0 Å². The van der Waals surface area contributed by atoms with Crippen molar-refractivity contribution in [3.63, 3.8) is 0 Å². The number of ether oxygens (including phenoxy) is 3. The summed E-state index contributed by atoms with van der Waals surface area (Å²) in [5.74, 6) is 1.74. The molecule has 0 aliphatic rings. The fraction of sp³-hybridized carbons (Fsp3) is 0.250. The predicted molar refractivity (Wildman–Crippen MR) is 125 cm³/mol. The van der Waals surface area contributed by atoms with E-state index in [0.29, 0.717) is 28.6 Å². The maximum Gasteiger partial charge on any atom is 0.160 e. The second kappa shape index (κ2) is 11.4. The molecule has 0 heterocycles. The number of hydrogen-bond acceptors (Lipinski definition) is 4. The minimum absolute atomic E-state index is 0.0613. The van der Waals surface area contributed by atoms with Crippen LogP contribution in [0.4, 0.5) is 4.39 Å². The summed E-state index contributed by atoms with van der Waals surface area (Å²) in [6, 6.07) is 16.3. The summed E-state index contributed by atoms with van der Waals surface area (Å²) in [5.41, 5.74) is 2.46. The lowest BCUT2D eigenvalue weighted by atomic mass is 10.1. The number of nitrogens with one attached hydrogen (secondary N) is 1. The Hall–Kier alpha value is -2.28. The highest BCUT2D eigenvalue weighted by molar-refractivity contribution is 9.10. The molecule has 164 valence electrons. The van der Waals surface area contributed by atoms with Gasteiger partial charge in [0.2, 0.25) is 0 Å². The highest BCUT2D eigenvalue weighted by atomic mass is 79.9. The Kier molecular flexibility index (Phi) is 8.58. The molecule has 4 nitrogen and oxygen atoms in total. The first-order valence-electron chi connectivity index (χ1n) is 9.77. The first kappa shape index (κ1) is 23.4. The molecule has 3 rings (SSSR count). The quantitative estimate of drug-likeness (QED) is 0.333. The number of benzene rings is 3. The number of methoxy groups -OCH3 is 2. The lowest BCUT2D eigenvalue weighted by molar-refractivity contribution is 0.296. The SMILES string of the molecule is COc1ccc(CCNCc2cc(Br)ccc2OCc2c(F)cccc2Cl)cc1OC. The molecule has 3 aromatic carbocycles. The zero-order valence-electron chi connectivity index (χ0n) is 17.4. The van der Waals surface area contributed by atoms with Crippen molar-refractivity contribution in [3.05, 3.63) is 86.6 Å². The van der Waals surface area contributed by atoms with Gasteiger partial charge in [-0.15, -0.1) is 0 Å². The van der Waals surface area contributed by atoms with E-state index < -0.39 is 0 Å². The first-order valence-corrected chi connectivity index (χ1v) is 10.9. The van der Waals surface area contributed by atoms with Crippen LogP contribution in [0.15, 0.2) is 59.1 Å². The van der Waals surface area contributed by atoms with Crippen molar-refractivity contribution < 1.29 is 18.6 Å². The van der Waals surface area contributed by atoms with Crippen molar-refractivity contribution in [1.29, 1.82) is 0 Å². The molecule has 0 fully saturated rings. The molecule has 3 aromatic rings. The van der Waals surface area contributed by atoms with Gasteiger partial charge in [0.05, 0.1) is 19.2 Å². The Bertz CT molecular complexity index is 1010. The fourth-order valence-corrected chi connectivity index (χ4v) is 3.77. The maximum atomic E-state index is 14.0. The molecule has 0 radical (unpaired) electrons. The van der Waals surface area contributed by atoms with Gasteiger partial charge in [-0.25, -0.2) is 4.39 Å². The average Bonchev–Trinajstić information content (AvgIpc) is 2.77. The monoisotopic (exact) mass is 507 g/mol. The van der Waals surface area contributed by atoms with Crippen molar-refractivity contribution in [3.8, 4) is 17.2 Å². The summed E-state index contributed by atoms with van der Waals surface area (Å²) in [5, 5.41) is 3.79. The van der Waals surface area contributed by atoms with Crippen molar-refractivity contribution in [2.24, 2.45) is 0 Å². The largest absolute Gasteiger partial charge is 0.493 e. The maximum absolute atomic E-state index is 14.0. The van der Waals surface area contributed by atoms with Crippen LogP contribution in [-0.2, 0) is 19.6 Å². The minimum Gasteiger partial charge on any atom is -0.493 e. The van der Waals surface area contributed by atoms with E-state index in [1.165, 1.54) is 6.07 Å². The summed E-state index contributed by atoms with van der Waals surface area (Å²) in [4.78, 5) is 0. The van der Waals surface area contributed by atoms with Gasteiger partial charge < -0.3 is 19.5 Å². The van der Waals surface area contributed by atoms with Crippen LogP contribution in [0.1, 0.15) is 16.7 Å². The molecule has 0 aromatic heterocycles. The second-order valence-electron chi connectivity index (χ2n) is 6.86. The van der Waals surface area contributed by atoms with Crippen LogP contribution in [0.25, 0.3) is 0 Å². The molecule has 31 heavy (non-hydrogen) atoms. The summed E-state index contributed by atoms with van der Waals surface area (Å²) in [6.45, 7) is 1.43. The van der Waals surface area contributed by atoms with Crippen LogP contribution < -0.4 is 19.5 Å². The molecule has 0 spiro atoms. The zero-order chi connectivity index (χ0) is 22.2. The fourth-order valence-electron chi connectivity index (χ4n) is 3.14. The molecule has 0 aliphatic carbocycles. The van der Waals surface area contributed by atoms with Gasteiger partial charge in [-0.05, 0) is 61.0 Å². The van der Waals surface area contributed by atoms with E-state index in [0.717, 1.165) is 34.3 Å². The van der Waals surface area contributed by atoms with Gasteiger partial charge in [0.15, 0.2) is 11.5 Å². The lowest BCUT2D eigenvalue weighted by Crippen LogP contribution is -2.17. The van der Waals surface area contributed by atoms with Gasteiger partial charge in [0.25, 0.3) is 0 Å². The highest BCUT2D eigenvalue weighted by Gasteiger charge is 2.11. The molecular weight excluding hydrogens is 485 g/mol. The van der Waals surface area contributed by atoms with E-state index in [2.05, 4.69) is 21.2 Å². The third-order valence-corrected chi connectivity index (χ3v) is 5.66.